The molecule has 0 aliphatic carbocycles. The van der Waals surface area contributed by atoms with Crippen molar-refractivity contribution in [1.29, 1.82) is 0 Å². The molecule has 1 aliphatic heterocycles. The van der Waals surface area contributed by atoms with Gasteiger partial charge in [0, 0.05) is 32.4 Å². The zero-order chi connectivity index (χ0) is 13.7. The Morgan fingerprint density at radius 1 is 1.47 bits per heavy atom. The van der Waals surface area contributed by atoms with Crippen molar-refractivity contribution in [3.05, 3.63) is 12.4 Å². The third kappa shape index (κ3) is 4.56. The fourth-order valence-corrected chi connectivity index (χ4v) is 2.39. The minimum atomic E-state index is -0.689. The lowest BCUT2D eigenvalue weighted by Gasteiger charge is -2.23. The lowest BCUT2D eigenvalue weighted by atomic mass is 10.0. The molecule has 0 bridgehead atoms. The molecule has 1 aliphatic rings. The molecule has 6 nitrogen and oxygen atoms in total. The van der Waals surface area contributed by atoms with E-state index in [9.17, 15) is 5.11 Å². The number of rotatable bonds is 7. The van der Waals surface area contributed by atoms with Gasteiger partial charge in [0.15, 0.2) is 0 Å². The maximum Gasteiger partial charge on any atom is 0.0981 e. The zero-order valence-electron chi connectivity index (χ0n) is 11.8. The molecular weight excluding hydrogens is 244 g/mol. The molecule has 2 rings (SSSR count). The number of hydrogen-bond acceptors (Lipinski definition) is 5. The average Bonchev–Trinajstić information content (AvgIpc) is 2.95. The van der Waals surface area contributed by atoms with E-state index in [4.69, 9.17) is 4.74 Å². The number of likely N-dealkylation sites (tertiary alicyclic amines) is 1. The van der Waals surface area contributed by atoms with Crippen molar-refractivity contribution < 1.29 is 9.84 Å². The third-order valence-electron chi connectivity index (χ3n) is 3.34. The number of aliphatic hydroxyl groups is 1. The smallest absolute Gasteiger partial charge is 0.0981 e. The SMILES string of the molecule is CC(C)COCCN1CCC(O)(Cn2ccnn2)C1. The number of hydrogen-bond donors (Lipinski definition) is 1. The molecule has 1 atom stereocenters. The van der Waals surface area contributed by atoms with Crippen LogP contribution >= 0.6 is 0 Å². The van der Waals surface area contributed by atoms with Crippen LogP contribution in [0.1, 0.15) is 20.3 Å². The maximum atomic E-state index is 10.5. The van der Waals surface area contributed by atoms with Crippen molar-refractivity contribution in [2.24, 2.45) is 5.92 Å². The van der Waals surface area contributed by atoms with Gasteiger partial charge in [0.25, 0.3) is 0 Å². The fraction of sp³-hybridized carbons (Fsp3) is 0.846. The molecular formula is C13H24N4O2. The summed E-state index contributed by atoms with van der Waals surface area (Å²) in [5.41, 5.74) is -0.689. The molecule has 0 amide bonds. The average molecular weight is 268 g/mol. The van der Waals surface area contributed by atoms with Crippen molar-refractivity contribution >= 4 is 0 Å². The van der Waals surface area contributed by atoms with Crippen molar-refractivity contribution in [2.45, 2.75) is 32.4 Å². The predicted octanol–water partition coefficient (Wildman–Crippen LogP) is 0.387. The molecule has 1 aromatic heterocycles. The Labute approximate surface area is 114 Å². The second-order valence-electron chi connectivity index (χ2n) is 5.82. The first-order valence-electron chi connectivity index (χ1n) is 6.94. The molecule has 108 valence electrons. The highest BCUT2D eigenvalue weighted by molar-refractivity contribution is 4.90. The minimum absolute atomic E-state index is 0.510. The van der Waals surface area contributed by atoms with Gasteiger partial charge in [-0.25, -0.2) is 4.68 Å². The molecule has 1 aromatic rings. The van der Waals surface area contributed by atoms with E-state index in [1.54, 1.807) is 17.1 Å². The molecule has 1 saturated heterocycles. The largest absolute Gasteiger partial charge is 0.387 e. The Morgan fingerprint density at radius 2 is 2.32 bits per heavy atom. The van der Waals surface area contributed by atoms with Crippen LogP contribution in [-0.2, 0) is 11.3 Å². The van der Waals surface area contributed by atoms with Crippen LogP contribution in [0.5, 0.6) is 0 Å². The van der Waals surface area contributed by atoms with E-state index in [1.807, 2.05) is 0 Å². The van der Waals surface area contributed by atoms with Crippen molar-refractivity contribution in [2.75, 3.05) is 32.8 Å². The second kappa shape index (κ2) is 6.45. The first-order chi connectivity index (χ1) is 9.07. The van der Waals surface area contributed by atoms with Gasteiger partial charge >= 0.3 is 0 Å². The number of ether oxygens (including phenoxy) is 1. The highest BCUT2D eigenvalue weighted by atomic mass is 16.5. The molecule has 1 N–H and O–H groups in total. The lowest BCUT2D eigenvalue weighted by molar-refractivity contribution is 0.0233. The predicted molar refractivity (Wildman–Crippen MR) is 71.7 cm³/mol. The van der Waals surface area contributed by atoms with Crippen molar-refractivity contribution in [3.63, 3.8) is 0 Å². The van der Waals surface area contributed by atoms with E-state index in [0.717, 1.165) is 32.7 Å². The van der Waals surface area contributed by atoms with E-state index in [2.05, 4.69) is 29.1 Å². The Kier molecular flexibility index (Phi) is 4.90. The molecule has 6 heteroatoms. The van der Waals surface area contributed by atoms with E-state index in [0.29, 0.717) is 19.0 Å². The molecule has 0 saturated carbocycles. The van der Waals surface area contributed by atoms with Crippen LogP contribution in [0.4, 0.5) is 0 Å². The third-order valence-corrected chi connectivity index (χ3v) is 3.34. The van der Waals surface area contributed by atoms with Crippen LogP contribution in [-0.4, -0.2) is 63.4 Å². The summed E-state index contributed by atoms with van der Waals surface area (Å²) in [6.07, 6.45) is 4.19. The first kappa shape index (κ1) is 14.4. The highest BCUT2D eigenvalue weighted by Gasteiger charge is 2.36. The summed E-state index contributed by atoms with van der Waals surface area (Å²) in [7, 11) is 0. The summed E-state index contributed by atoms with van der Waals surface area (Å²) in [6.45, 7) is 8.81. The van der Waals surface area contributed by atoms with E-state index in [-0.39, 0.29) is 0 Å². The van der Waals surface area contributed by atoms with Crippen LogP contribution < -0.4 is 0 Å². The molecule has 0 radical (unpaired) electrons. The molecule has 19 heavy (non-hydrogen) atoms. The zero-order valence-corrected chi connectivity index (χ0v) is 11.8. The number of β-amino-alcohol motifs (C(OH)–C–C–N with tert-alkyl or cyclic N) is 1. The minimum Gasteiger partial charge on any atom is -0.387 e. The molecule has 0 spiro atoms. The van der Waals surface area contributed by atoms with Crippen molar-refractivity contribution in [3.8, 4) is 0 Å². The van der Waals surface area contributed by atoms with Gasteiger partial charge in [0.1, 0.15) is 0 Å². The Morgan fingerprint density at radius 3 is 3.00 bits per heavy atom. The van der Waals surface area contributed by atoms with Gasteiger partial charge in [-0.2, -0.15) is 0 Å². The van der Waals surface area contributed by atoms with Crippen molar-refractivity contribution in [1.82, 2.24) is 19.9 Å². The summed E-state index contributed by atoms with van der Waals surface area (Å²) in [5.74, 6) is 0.572. The van der Waals surface area contributed by atoms with Crippen LogP contribution in [0.15, 0.2) is 12.4 Å². The summed E-state index contributed by atoms with van der Waals surface area (Å²) >= 11 is 0. The number of aromatic nitrogens is 3. The number of nitrogens with zero attached hydrogens (tertiary/aromatic N) is 4. The van der Waals surface area contributed by atoms with E-state index < -0.39 is 5.60 Å². The maximum absolute atomic E-state index is 10.5. The molecule has 1 unspecified atom stereocenters. The standard InChI is InChI=1S/C13H24N4O2/c1-12(2)9-19-8-7-16-5-3-13(18,10-16)11-17-6-4-14-15-17/h4,6,12,18H,3,5,7-11H2,1-2H3. The van der Waals surface area contributed by atoms with Crippen LogP contribution in [0.25, 0.3) is 0 Å². The quantitative estimate of drug-likeness (QED) is 0.725. The summed E-state index contributed by atoms with van der Waals surface area (Å²) < 4.78 is 7.27. The lowest BCUT2D eigenvalue weighted by Crippen LogP contribution is -2.38. The van der Waals surface area contributed by atoms with Gasteiger partial charge in [-0.1, -0.05) is 19.1 Å². The van der Waals surface area contributed by atoms with Gasteiger partial charge < -0.3 is 9.84 Å². The Bertz CT molecular complexity index is 369. The normalized spacial score (nSPS) is 24.4. The summed E-state index contributed by atoms with van der Waals surface area (Å²) in [5, 5.41) is 18.2. The van der Waals surface area contributed by atoms with Crippen LogP contribution in [0, 0.1) is 5.92 Å². The second-order valence-corrected chi connectivity index (χ2v) is 5.82. The van der Waals surface area contributed by atoms with Gasteiger partial charge in [-0.05, 0) is 12.3 Å². The van der Waals surface area contributed by atoms with Gasteiger partial charge in [0.2, 0.25) is 0 Å². The molecule has 1 fully saturated rings. The summed E-state index contributed by atoms with van der Waals surface area (Å²) in [6, 6.07) is 0. The van der Waals surface area contributed by atoms with Crippen LogP contribution in [0.2, 0.25) is 0 Å². The fourth-order valence-electron chi connectivity index (χ4n) is 2.39. The highest BCUT2D eigenvalue weighted by Crippen LogP contribution is 2.22. The first-order valence-corrected chi connectivity index (χ1v) is 6.94. The van der Waals surface area contributed by atoms with E-state index in [1.165, 1.54) is 0 Å². The van der Waals surface area contributed by atoms with Gasteiger partial charge in [0.05, 0.1) is 24.9 Å². The Hall–Kier alpha value is -0.980. The Balaban J connectivity index is 1.70. The van der Waals surface area contributed by atoms with Gasteiger partial charge in [-0.15, -0.1) is 5.10 Å². The molecule has 2 heterocycles. The van der Waals surface area contributed by atoms with Gasteiger partial charge in [-0.3, -0.25) is 4.90 Å². The summed E-state index contributed by atoms with van der Waals surface area (Å²) in [4.78, 5) is 2.25. The molecule has 0 aromatic carbocycles. The monoisotopic (exact) mass is 268 g/mol. The topological polar surface area (TPSA) is 63.4 Å². The van der Waals surface area contributed by atoms with E-state index >= 15 is 0 Å². The van der Waals surface area contributed by atoms with Crippen LogP contribution in [0.3, 0.4) is 0 Å².